The van der Waals surface area contributed by atoms with Gasteiger partial charge >= 0.3 is 0 Å². The van der Waals surface area contributed by atoms with E-state index in [0.717, 1.165) is 5.56 Å². The van der Waals surface area contributed by atoms with Crippen LogP contribution in [0.4, 0.5) is 0 Å². The zero-order valence-corrected chi connectivity index (χ0v) is 16.3. The Morgan fingerprint density at radius 2 is 1.79 bits per heavy atom. The summed E-state index contributed by atoms with van der Waals surface area (Å²) in [6.45, 7) is -1.09. The van der Waals surface area contributed by atoms with Crippen molar-refractivity contribution in [3.8, 4) is 11.5 Å². The molecule has 1 aromatic rings. The Hall–Kier alpha value is -1.50. The fourth-order valence-corrected chi connectivity index (χ4v) is 2.96. The van der Waals surface area contributed by atoms with E-state index in [4.69, 9.17) is 24.1 Å². The lowest BCUT2D eigenvalue weighted by Gasteiger charge is -2.39. The number of aryl methyl sites for hydroxylation is 1. The molecule has 2 rings (SSSR count). The number of benzene rings is 1. The molecular formula is C19H30O10. The lowest BCUT2D eigenvalue weighted by atomic mass is 9.99. The van der Waals surface area contributed by atoms with E-state index in [0.29, 0.717) is 24.3 Å². The molecule has 6 N–H and O–H groups in total. The normalized spacial score (nSPS) is 28.2. The first-order valence-corrected chi connectivity index (χ1v) is 9.42. The van der Waals surface area contributed by atoms with Crippen LogP contribution in [0.15, 0.2) is 18.2 Å². The van der Waals surface area contributed by atoms with Gasteiger partial charge < -0.3 is 49.6 Å². The van der Waals surface area contributed by atoms with Crippen molar-refractivity contribution < 1.29 is 49.6 Å². The Kier molecular flexibility index (Phi) is 9.53. The summed E-state index contributed by atoms with van der Waals surface area (Å²) in [6.07, 6.45) is -6.50. The summed E-state index contributed by atoms with van der Waals surface area (Å²) in [4.78, 5) is 0. The fraction of sp³-hybridized carbons (Fsp3) is 0.684. The summed E-state index contributed by atoms with van der Waals surface area (Å²) in [5, 5.41) is 57.3. The van der Waals surface area contributed by atoms with Gasteiger partial charge in [-0.3, -0.25) is 0 Å². The summed E-state index contributed by atoms with van der Waals surface area (Å²) < 4.78 is 21.7. The number of aliphatic hydroxyl groups is 6. The minimum absolute atomic E-state index is 0.0858. The van der Waals surface area contributed by atoms with Crippen molar-refractivity contribution in [1.29, 1.82) is 0 Å². The summed E-state index contributed by atoms with van der Waals surface area (Å²) in [7, 11) is 1.48. The fourth-order valence-electron chi connectivity index (χ4n) is 2.96. The van der Waals surface area contributed by atoms with Crippen molar-refractivity contribution in [2.45, 2.75) is 49.7 Å². The molecule has 1 saturated heterocycles. The molecule has 166 valence electrons. The van der Waals surface area contributed by atoms with Crippen LogP contribution < -0.4 is 9.47 Å². The summed E-state index contributed by atoms with van der Waals surface area (Å²) in [5.41, 5.74) is 0.960. The van der Waals surface area contributed by atoms with Crippen molar-refractivity contribution >= 4 is 0 Å². The molecule has 1 aromatic carbocycles. The van der Waals surface area contributed by atoms with Crippen LogP contribution in [-0.4, -0.2) is 101 Å². The lowest BCUT2D eigenvalue weighted by Crippen LogP contribution is -2.59. The average Bonchev–Trinajstić information content (AvgIpc) is 2.75. The number of ether oxygens (including phenoxy) is 4. The van der Waals surface area contributed by atoms with Crippen LogP contribution in [0.1, 0.15) is 12.0 Å². The quantitative estimate of drug-likeness (QED) is 0.242. The van der Waals surface area contributed by atoms with E-state index in [9.17, 15) is 25.5 Å². The van der Waals surface area contributed by atoms with Crippen LogP contribution in [0.5, 0.6) is 11.5 Å². The van der Waals surface area contributed by atoms with Crippen LogP contribution in [0.25, 0.3) is 0 Å². The summed E-state index contributed by atoms with van der Waals surface area (Å²) in [5.74, 6) is 0.823. The Morgan fingerprint density at radius 1 is 1.03 bits per heavy atom. The highest BCUT2D eigenvalue weighted by molar-refractivity contribution is 5.43. The van der Waals surface area contributed by atoms with Crippen molar-refractivity contribution in [3.05, 3.63) is 23.8 Å². The number of methoxy groups -OCH3 is 1. The largest absolute Gasteiger partial charge is 0.493 e. The van der Waals surface area contributed by atoms with Gasteiger partial charge in [-0.2, -0.15) is 0 Å². The van der Waals surface area contributed by atoms with Crippen LogP contribution in [-0.2, 0) is 15.9 Å². The molecule has 29 heavy (non-hydrogen) atoms. The molecule has 0 amide bonds. The van der Waals surface area contributed by atoms with Gasteiger partial charge in [-0.25, -0.2) is 0 Å². The van der Waals surface area contributed by atoms with Crippen LogP contribution in [0.3, 0.4) is 0 Å². The van der Waals surface area contributed by atoms with Gasteiger partial charge in [0, 0.05) is 6.61 Å². The SMILES string of the molecule is COc1cc(CCCO)ccc1OC(CO)CO[C@@H]1O[C@H](CO)[C@@H](O)[C@H](O)[C@H]1O. The predicted octanol–water partition coefficient (Wildman–Crippen LogP) is -1.82. The maximum atomic E-state index is 10.00. The number of aliphatic hydroxyl groups excluding tert-OH is 6. The minimum Gasteiger partial charge on any atom is -0.493 e. The maximum Gasteiger partial charge on any atom is 0.186 e. The Morgan fingerprint density at radius 3 is 2.41 bits per heavy atom. The van der Waals surface area contributed by atoms with E-state index in [-0.39, 0.29) is 13.2 Å². The predicted molar refractivity (Wildman–Crippen MR) is 99.6 cm³/mol. The van der Waals surface area contributed by atoms with Gasteiger partial charge in [-0.1, -0.05) is 6.07 Å². The molecule has 1 aliphatic heterocycles. The molecule has 0 aromatic heterocycles. The standard InChI is InChI=1S/C19H30O10/c1-26-14-7-11(3-2-6-20)4-5-13(14)28-12(8-21)10-27-19-18(25)17(24)16(23)15(9-22)29-19/h4-5,7,12,15-25H,2-3,6,8-10H2,1H3/t12?,15-,16-,17+,18-,19-/m1/s1. The first-order chi connectivity index (χ1) is 13.9. The minimum atomic E-state index is -1.55. The molecule has 10 heteroatoms. The van der Waals surface area contributed by atoms with E-state index >= 15 is 0 Å². The first kappa shape index (κ1) is 23.8. The zero-order chi connectivity index (χ0) is 21.4. The van der Waals surface area contributed by atoms with E-state index in [1.54, 1.807) is 12.1 Å². The van der Waals surface area contributed by atoms with Crippen molar-refractivity contribution in [2.75, 3.05) is 33.5 Å². The molecule has 0 aliphatic carbocycles. The summed E-state index contributed by atoms with van der Waals surface area (Å²) in [6, 6.07) is 5.28. The molecule has 1 heterocycles. The zero-order valence-electron chi connectivity index (χ0n) is 16.3. The Balaban J connectivity index is 1.98. The topological polar surface area (TPSA) is 158 Å². The van der Waals surface area contributed by atoms with Crippen LogP contribution >= 0.6 is 0 Å². The molecule has 10 nitrogen and oxygen atoms in total. The van der Waals surface area contributed by atoms with Crippen LogP contribution in [0.2, 0.25) is 0 Å². The highest BCUT2D eigenvalue weighted by Crippen LogP contribution is 2.30. The maximum absolute atomic E-state index is 10.00. The molecule has 1 fully saturated rings. The molecular weight excluding hydrogens is 388 g/mol. The van der Waals surface area contributed by atoms with Crippen molar-refractivity contribution in [1.82, 2.24) is 0 Å². The third-order valence-electron chi connectivity index (χ3n) is 4.64. The smallest absolute Gasteiger partial charge is 0.186 e. The molecule has 1 aliphatic rings. The summed E-state index contributed by atoms with van der Waals surface area (Å²) >= 11 is 0. The van der Waals surface area contributed by atoms with Gasteiger partial charge in [-0.05, 0) is 30.5 Å². The Bertz CT molecular complexity index is 611. The van der Waals surface area contributed by atoms with E-state index in [1.165, 1.54) is 7.11 Å². The van der Waals surface area contributed by atoms with Crippen LogP contribution in [0, 0.1) is 0 Å². The number of rotatable bonds is 11. The highest BCUT2D eigenvalue weighted by Gasteiger charge is 2.44. The molecule has 0 radical (unpaired) electrons. The molecule has 0 bridgehead atoms. The first-order valence-electron chi connectivity index (χ1n) is 9.42. The third kappa shape index (κ3) is 6.24. The van der Waals surface area contributed by atoms with Crippen molar-refractivity contribution in [2.24, 2.45) is 0 Å². The van der Waals surface area contributed by atoms with Gasteiger partial charge in [0.1, 0.15) is 30.5 Å². The second kappa shape index (κ2) is 11.6. The van der Waals surface area contributed by atoms with Gasteiger partial charge in [-0.15, -0.1) is 0 Å². The lowest BCUT2D eigenvalue weighted by molar-refractivity contribution is -0.304. The molecule has 6 atom stereocenters. The third-order valence-corrected chi connectivity index (χ3v) is 4.64. The molecule has 0 spiro atoms. The van der Waals surface area contributed by atoms with Crippen molar-refractivity contribution in [3.63, 3.8) is 0 Å². The van der Waals surface area contributed by atoms with E-state index in [2.05, 4.69) is 0 Å². The Labute approximate surface area is 168 Å². The number of hydrogen-bond acceptors (Lipinski definition) is 10. The van der Waals surface area contributed by atoms with E-state index < -0.39 is 50.0 Å². The van der Waals surface area contributed by atoms with Gasteiger partial charge in [0.05, 0.1) is 26.9 Å². The molecule has 1 unspecified atom stereocenters. The van der Waals surface area contributed by atoms with Gasteiger partial charge in [0.2, 0.25) is 0 Å². The monoisotopic (exact) mass is 418 g/mol. The second-order valence-electron chi connectivity index (χ2n) is 6.77. The second-order valence-corrected chi connectivity index (χ2v) is 6.77. The number of hydrogen-bond donors (Lipinski definition) is 6. The average molecular weight is 418 g/mol. The van der Waals surface area contributed by atoms with Gasteiger partial charge in [0.15, 0.2) is 17.8 Å². The van der Waals surface area contributed by atoms with Gasteiger partial charge in [0.25, 0.3) is 0 Å². The van der Waals surface area contributed by atoms with E-state index in [1.807, 2.05) is 6.07 Å². The molecule has 0 saturated carbocycles. The highest BCUT2D eigenvalue weighted by atomic mass is 16.7.